The lowest BCUT2D eigenvalue weighted by Gasteiger charge is -2.17. The predicted octanol–water partition coefficient (Wildman–Crippen LogP) is 5.51. The molecule has 2 aromatic carbocycles. The molecule has 0 fully saturated rings. The fourth-order valence-corrected chi connectivity index (χ4v) is 4.38. The third-order valence-corrected chi connectivity index (χ3v) is 6.09. The van der Waals surface area contributed by atoms with Gasteiger partial charge in [0.1, 0.15) is 5.75 Å². The summed E-state index contributed by atoms with van der Waals surface area (Å²) in [6, 6.07) is 15.3. The van der Waals surface area contributed by atoms with Crippen LogP contribution in [-0.2, 0) is 0 Å². The summed E-state index contributed by atoms with van der Waals surface area (Å²) >= 11 is 1.44. The molecule has 0 aliphatic rings. The van der Waals surface area contributed by atoms with Crippen molar-refractivity contribution in [1.82, 2.24) is 9.88 Å². The topological polar surface area (TPSA) is 65.5 Å². The van der Waals surface area contributed by atoms with Crippen molar-refractivity contribution in [2.45, 2.75) is 6.42 Å². The van der Waals surface area contributed by atoms with Crippen LogP contribution in [0.15, 0.2) is 60.1 Å². The average molecular weight is 432 g/mol. The molecule has 0 aliphatic heterocycles. The number of aromatic hydroxyl groups is 1. The first-order valence-electron chi connectivity index (χ1n) is 10.2. The zero-order chi connectivity index (χ0) is 21.8. The van der Waals surface area contributed by atoms with Gasteiger partial charge in [-0.3, -0.25) is 9.78 Å². The number of rotatable bonds is 8. The van der Waals surface area contributed by atoms with Gasteiger partial charge < -0.3 is 15.3 Å². The van der Waals surface area contributed by atoms with Gasteiger partial charge in [-0.15, -0.1) is 11.3 Å². The SMILES string of the molecule is CN(C)CCCNc1c(-c2ccsc2C=O)cnc2ccc(-c3ccc(O)cc3)cc12. The fourth-order valence-electron chi connectivity index (χ4n) is 3.66. The number of hydrogen-bond acceptors (Lipinski definition) is 6. The summed E-state index contributed by atoms with van der Waals surface area (Å²) in [6.07, 6.45) is 3.76. The molecular formula is C25H25N3O2S. The summed E-state index contributed by atoms with van der Waals surface area (Å²) in [5, 5.41) is 16.2. The smallest absolute Gasteiger partial charge is 0.160 e. The number of anilines is 1. The van der Waals surface area contributed by atoms with Crippen LogP contribution in [0.5, 0.6) is 5.75 Å². The number of phenolic OH excluding ortho intramolecular Hbond substituents is 1. The van der Waals surface area contributed by atoms with Gasteiger partial charge in [0.05, 0.1) is 16.1 Å². The molecule has 0 atom stereocenters. The van der Waals surface area contributed by atoms with Crippen molar-refractivity contribution in [3.63, 3.8) is 0 Å². The Morgan fingerprint density at radius 1 is 1.06 bits per heavy atom. The Morgan fingerprint density at radius 3 is 2.58 bits per heavy atom. The van der Waals surface area contributed by atoms with Crippen LogP contribution in [0.1, 0.15) is 16.1 Å². The van der Waals surface area contributed by atoms with Crippen molar-refractivity contribution in [3.8, 4) is 28.0 Å². The van der Waals surface area contributed by atoms with Crippen molar-refractivity contribution in [3.05, 3.63) is 65.0 Å². The van der Waals surface area contributed by atoms with Crippen molar-refractivity contribution < 1.29 is 9.90 Å². The standard InChI is InChI=1S/C25H25N3O2S/c1-28(2)12-3-11-26-25-21-14-18(17-4-7-19(30)8-5-17)6-9-23(21)27-15-22(25)20-10-13-31-24(20)16-29/h4-10,13-16,30H,3,11-12H2,1-2H3,(H,26,27). The first kappa shape index (κ1) is 21.0. The van der Waals surface area contributed by atoms with E-state index in [-0.39, 0.29) is 5.75 Å². The number of aldehydes is 1. The molecule has 0 spiro atoms. The minimum atomic E-state index is 0.246. The molecule has 4 aromatic rings. The van der Waals surface area contributed by atoms with Gasteiger partial charge in [-0.1, -0.05) is 18.2 Å². The number of carbonyl (C=O) groups is 1. The van der Waals surface area contributed by atoms with Crippen molar-refractivity contribution in [2.75, 3.05) is 32.5 Å². The molecule has 31 heavy (non-hydrogen) atoms. The average Bonchev–Trinajstić information content (AvgIpc) is 3.25. The number of aromatic nitrogens is 1. The molecule has 0 saturated heterocycles. The Balaban J connectivity index is 1.82. The Labute approximate surface area is 186 Å². The van der Waals surface area contributed by atoms with Gasteiger partial charge in [-0.2, -0.15) is 0 Å². The normalized spacial score (nSPS) is 11.2. The number of benzene rings is 2. The van der Waals surface area contributed by atoms with E-state index in [9.17, 15) is 9.90 Å². The molecule has 2 heterocycles. The third-order valence-electron chi connectivity index (χ3n) is 5.24. The second kappa shape index (κ2) is 9.29. The van der Waals surface area contributed by atoms with Crippen molar-refractivity contribution in [1.29, 1.82) is 0 Å². The summed E-state index contributed by atoms with van der Waals surface area (Å²) < 4.78 is 0. The van der Waals surface area contributed by atoms with Gasteiger partial charge in [0.25, 0.3) is 0 Å². The quantitative estimate of drug-likeness (QED) is 0.284. The van der Waals surface area contributed by atoms with Gasteiger partial charge in [-0.25, -0.2) is 0 Å². The van der Waals surface area contributed by atoms with E-state index in [4.69, 9.17) is 0 Å². The van der Waals surface area contributed by atoms with Crippen molar-refractivity contribution >= 4 is 34.2 Å². The summed E-state index contributed by atoms with van der Waals surface area (Å²) in [4.78, 5) is 19.1. The van der Waals surface area contributed by atoms with E-state index >= 15 is 0 Å². The van der Waals surface area contributed by atoms with Crippen LogP contribution >= 0.6 is 11.3 Å². The number of pyridine rings is 1. The number of nitrogens with one attached hydrogen (secondary N) is 1. The Kier molecular flexibility index (Phi) is 6.30. The minimum Gasteiger partial charge on any atom is -0.508 e. The van der Waals surface area contributed by atoms with Crippen molar-refractivity contribution in [2.24, 2.45) is 0 Å². The molecule has 2 N–H and O–H groups in total. The first-order valence-corrected chi connectivity index (χ1v) is 11.1. The lowest BCUT2D eigenvalue weighted by Crippen LogP contribution is -2.16. The molecule has 5 nitrogen and oxygen atoms in total. The summed E-state index contributed by atoms with van der Waals surface area (Å²) in [5.41, 5.74) is 5.79. The van der Waals surface area contributed by atoms with E-state index in [1.54, 1.807) is 12.1 Å². The number of thiophene rings is 1. The molecule has 0 unspecified atom stereocenters. The van der Waals surface area contributed by atoms with E-state index in [0.717, 1.165) is 64.6 Å². The van der Waals surface area contributed by atoms with Gasteiger partial charge in [0, 0.05) is 29.3 Å². The van der Waals surface area contributed by atoms with E-state index < -0.39 is 0 Å². The van der Waals surface area contributed by atoms with Crippen LogP contribution in [0.2, 0.25) is 0 Å². The maximum atomic E-state index is 11.6. The maximum Gasteiger partial charge on any atom is 0.160 e. The van der Waals surface area contributed by atoms with Crippen LogP contribution in [0, 0.1) is 0 Å². The lowest BCUT2D eigenvalue weighted by molar-refractivity contribution is 0.112. The van der Waals surface area contributed by atoms with Crippen LogP contribution in [-0.4, -0.2) is 48.5 Å². The molecule has 158 valence electrons. The minimum absolute atomic E-state index is 0.246. The van der Waals surface area contributed by atoms with E-state index in [1.807, 2.05) is 41.9 Å². The molecule has 0 amide bonds. The highest BCUT2D eigenvalue weighted by Gasteiger charge is 2.15. The molecular weight excluding hydrogens is 406 g/mol. The van der Waals surface area contributed by atoms with Crippen LogP contribution in [0.4, 0.5) is 5.69 Å². The molecule has 0 saturated carbocycles. The molecule has 6 heteroatoms. The molecule has 4 rings (SSSR count). The third kappa shape index (κ3) is 4.60. The Morgan fingerprint density at radius 2 is 1.84 bits per heavy atom. The monoisotopic (exact) mass is 431 g/mol. The van der Waals surface area contributed by atoms with Crippen LogP contribution in [0.3, 0.4) is 0 Å². The van der Waals surface area contributed by atoms with Gasteiger partial charge in [-0.05, 0) is 73.9 Å². The largest absolute Gasteiger partial charge is 0.508 e. The Bertz CT molecular complexity index is 1200. The number of nitrogens with zero attached hydrogens (tertiary/aromatic N) is 2. The van der Waals surface area contributed by atoms with Gasteiger partial charge >= 0.3 is 0 Å². The number of carbonyl (C=O) groups excluding carboxylic acids is 1. The highest BCUT2D eigenvalue weighted by molar-refractivity contribution is 7.12. The predicted molar refractivity (Wildman–Crippen MR) is 129 cm³/mol. The molecule has 0 aliphatic carbocycles. The summed E-state index contributed by atoms with van der Waals surface area (Å²) in [5.74, 6) is 0.246. The second-order valence-corrected chi connectivity index (χ2v) is 8.67. The number of phenols is 1. The molecule has 0 bridgehead atoms. The number of hydrogen-bond donors (Lipinski definition) is 2. The number of fused-ring (bicyclic) bond motifs is 1. The van der Waals surface area contributed by atoms with E-state index in [0.29, 0.717) is 4.88 Å². The zero-order valence-corrected chi connectivity index (χ0v) is 18.4. The highest BCUT2D eigenvalue weighted by Crippen LogP contribution is 2.38. The fraction of sp³-hybridized carbons (Fsp3) is 0.200. The highest BCUT2D eigenvalue weighted by atomic mass is 32.1. The second-order valence-electron chi connectivity index (χ2n) is 7.73. The summed E-state index contributed by atoms with van der Waals surface area (Å²) in [7, 11) is 4.14. The maximum absolute atomic E-state index is 11.6. The Hall–Kier alpha value is -3.22. The van der Waals surface area contributed by atoms with Crippen LogP contribution in [0.25, 0.3) is 33.2 Å². The van der Waals surface area contributed by atoms with Gasteiger partial charge in [0.15, 0.2) is 6.29 Å². The van der Waals surface area contributed by atoms with Crippen LogP contribution < -0.4 is 5.32 Å². The van der Waals surface area contributed by atoms with Gasteiger partial charge in [0.2, 0.25) is 0 Å². The summed E-state index contributed by atoms with van der Waals surface area (Å²) in [6.45, 7) is 1.80. The molecule has 2 aromatic heterocycles. The molecule has 0 radical (unpaired) electrons. The lowest BCUT2D eigenvalue weighted by atomic mass is 9.99. The van der Waals surface area contributed by atoms with E-state index in [1.165, 1.54) is 11.3 Å². The zero-order valence-electron chi connectivity index (χ0n) is 17.6. The van der Waals surface area contributed by atoms with E-state index in [2.05, 4.69) is 35.4 Å². The first-order chi connectivity index (χ1) is 15.1.